The van der Waals surface area contributed by atoms with Crippen molar-refractivity contribution < 1.29 is 14.5 Å². The molecule has 3 aromatic rings. The summed E-state index contributed by atoms with van der Waals surface area (Å²) in [5.41, 5.74) is 1.26. The zero-order chi connectivity index (χ0) is 21.9. The highest BCUT2D eigenvalue weighted by Crippen LogP contribution is 2.32. The molecule has 0 aliphatic carbocycles. The average Bonchev–Trinajstić information content (AvgIpc) is 2.69. The summed E-state index contributed by atoms with van der Waals surface area (Å²) in [5, 5.41) is 14.0. The highest BCUT2D eigenvalue weighted by Gasteiger charge is 2.20. The van der Waals surface area contributed by atoms with E-state index in [4.69, 9.17) is 16.3 Å². The fourth-order valence-electron chi connectivity index (χ4n) is 2.83. The first-order valence-corrected chi connectivity index (χ1v) is 9.65. The molecular formula is C23H21ClN2O4. The molecule has 0 radical (unpaired) electrons. The van der Waals surface area contributed by atoms with Crippen LogP contribution in [0.15, 0.2) is 66.7 Å². The normalized spacial score (nSPS) is 11.1. The number of rotatable bonds is 5. The lowest BCUT2D eigenvalue weighted by Gasteiger charge is -2.19. The molecule has 7 heteroatoms. The van der Waals surface area contributed by atoms with E-state index in [2.05, 4.69) is 26.1 Å². The number of anilines is 1. The quantitative estimate of drug-likeness (QED) is 0.370. The van der Waals surface area contributed by atoms with Crippen LogP contribution >= 0.6 is 11.6 Å². The molecular weight excluding hydrogens is 404 g/mol. The lowest BCUT2D eigenvalue weighted by atomic mass is 9.87. The number of amides is 1. The SMILES string of the molecule is CC(C)(C)c1ccc(Oc2ccc(NC(=O)c3ccccc3[N+](=O)[O-])c(Cl)c2)cc1. The zero-order valence-electron chi connectivity index (χ0n) is 16.8. The molecule has 1 N–H and O–H groups in total. The van der Waals surface area contributed by atoms with Gasteiger partial charge in [0, 0.05) is 12.1 Å². The second kappa shape index (κ2) is 8.55. The van der Waals surface area contributed by atoms with E-state index in [9.17, 15) is 14.9 Å². The molecule has 0 fully saturated rings. The van der Waals surface area contributed by atoms with Crippen LogP contribution < -0.4 is 10.1 Å². The Hall–Kier alpha value is -3.38. The average molecular weight is 425 g/mol. The predicted molar refractivity (Wildman–Crippen MR) is 118 cm³/mol. The van der Waals surface area contributed by atoms with Crippen molar-refractivity contribution in [3.05, 3.63) is 93.0 Å². The zero-order valence-corrected chi connectivity index (χ0v) is 17.6. The van der Waals surface area contributed by atoms with Crippen molar-refractivity contribution in [3.8, 4) is 11.5 Å². The number of nitrogens with one attached hydrogen (secondary N) is 1. The maximum absolute atomic E-state index is 12.5. The molecule has 0 saturated carbocycles. The lowest BCUT2D eigenvalue weighted by Crippen LogP contribution is -2.14. The fraction of sp³-hybridized carbons (Fsp3) is 0.174. The minimum Gasteiger partial charge on any atom is -0.457 e. The summed E-state index contributed by atoms with van der Waals surface area (Å²) in [6, 6.07) is 18.4. The van der Waals surface area contributed by atoms with Crippen molar-refractivity contribution in [1.29, 1.82) is 0 Å². The third kappa shape index (κ3) is 4.96. The number of nitro benzene ring substituents is 1. The van der Waals surface area contributed by atoms with Crippen molar-refractivity contribution in [3.63, 3.8) is 0 Å². The van der Waals surface area contributed by atoms with E-state index < -0.39 is 10.8 Å². The second-order valence-corrected chi connectivity index (χ2v) is 8.15. The van der Waals surface area contributed by atoms with Crippen LogP contribution in [-0.2, 0) is 5.41 Å². The van der Waals surface area contributed by atoms with Gasteiger partial charge in [0.15, 0.2) is 0 Å². The Morgan fingerprint density at radius 1 is 1.00 bits per heavy atom. The van der Waals surface area contributed by atoms with Crippen molar-refractivity contribution in [2.75, 3.05) is 5.32 Å². The molecule has 0 saturated heterocycles. The Morgan fingerprint density at radius 2 is 1.63 bits per heavy atom. The summed E-state index contributed by atoms with van der Waals surface area (Å²) in [6.45, 7) is 6.42. The molecule has 0 unspecified atom stereocenters. The van der Waals surface area contributed by atoms with Crippen LogP contribution in [0.25, 0.3) is 0 Å². The van der Waals surface area contributed by atoms with Gasteiger partial charge in [0.2, 0.25) is 0 Å². The summed E-state index contributed by atoms with van der Waals surface area (Å²) >= 11 is 6.29. The molecule has 6 nitrogen and oxygen atoms in total. The first-order valence-electron chi connectivity index (χ1n) is 9.28. The lowest BCUT2D eigenvalue weighted by molar-refractivity contribution is -0.385. The largest absolute Gasteiger partial charge is 0.457 e. The Labute approximate surface area is 179 Å². The van der Waals surface area contributed by atoms with Gasteiger partial charge in [-0.1, -0.05) is 56.6 Å². The van der Waals surface area contributed by atoms with Crippen LogP contribution in [0, 0.1) is 10.1 Å². The summed E-state index contributed by atoms with van der Waals surface area (Å²) in [6.07, 6.45) is 0. The van der Waals surface area contributed by atoms with Gasteiger partial charge in [-0.2, -0.15) is 0 Å². The molecule has 0 aromatic heterocycles. The minimum atomic E-state index is -0.615. The van der Waals surface area contributed by atoms with E-state index in [1.54, 1.807) is 24.3 Å². The monoisotopic (exact) mass is 424 g/mol. The molecule has 0 aliphatic heterocycles. The van der Waals surface area contributed by atoms with Crippen molar-refractivity contribution in [2.45, 2.75) is 26.2 Å². The van der Waals surface area contributed by atoms with Gasteiger partial charge < -0.3 is 10.1 Å². The number of hydrogen-bond acceptors (Lipinski definition) is 4. The maximum atomic E-state index is 12.5. The summed E-state index contributed by atoms with van der Waals surface area (Å²) in [4.78, 5) is 23.0. The predicted octanol–water partition coefficient (Wildman–Crippen LogP) is 6.59. The molecule has 154 valence electrons. The van der Waals surface area contributed by atoms with Crippen LogP contribution in [0.5, 0.6) is 11.5 Å². The highest BCUT2D eigenvalue weighted by atomic mass is 35.5. The topological polar surface area (TPSA) is 81.5 Å². The number of ether oxygens (including phenoxy) is 1. The smallest absolute Gasteiger partial charge is 0.282 e. The van der Waals surface area contributed by atoms with Gasteiger partial charge in [-0.05, 0) is 41.3 Å². The molecule has 30 heavy (non-hydrogen) atoms. The second-order valence-electron chi connectivity index (χ2n) is 7.75. The number of nitro groups is 1. The molecule has 0 aliphatic rings. The van der Waals surface area contributed by atoms with Crippen LogP contribution in [0.1, 0.15) is 36.7 Å². The van der Waals surface area contributed by atoms with Gasteiger partial charge in [0.25, 0.3) is 11.6 Å². The van der Waals surface area contributed by atoms with Gasteiger partial charge >= 0.3 is 0 Å². The highest BCUT2D eigenvalue weighted by molar-refractivity contribution is 6.34. The number of carbonyl (C=O) groups is 1. The minimum absolute atomic E-state index is 0.0437. The Bertz CT molecular complexity index is 1090. The standard InChI is InChI=1S/C23H21ClN2O4/c1-23(2,3)15-8-10-16(11-9-15)30-17-12-13-20(19(24)14-17)25-22(27)18-6-4-5-7-21(18)26(28)29/h4-14H,1-3H3,(H,25,27). The number of carbonyl (C=O) groups excluding carboxylic acids is 1. The van der Waals surface area contributed by atoms with E-state index in [0.717, 1.165) is 0 Å². The van der Waals surface area contributed by atoms with Crippen molar-refractivity contribution in [1.82, 2.24) is 0 Å². The van der Waals surface area contributed by atoms with Gasteiger partial charge in [-0.15, -0.1) is 0 Å². The first kappa shape index (κ1) is 21.3. The number of para-hydroxylation sites is 1. The van der Waals surface area contributed by atoms with Gasteiger partial charge in [0.1, 0.15) is 17.1 Å². The van der Waals surface area contributed by atoms with E-state index in [-0.39, 0.29) is 21.7 Å². The van der Waals surface area contributed by atoms with E-state index in [1.807, 2.05) is 24.3 Å². The number of halogens is 1. The maximum Gasteiger partial charge on any atom is 0.282 e. The van der Waals surface area contributed by atoms with Crippen LogP contribution in [0.3, 0.4) is 0 Å². The van der Waals surface area contributed by atoms with Crippen molar-refractivity contribution in [2.24, 2.45) is 0 Å². The summed E-state index contributed by atoms with van der Waals surface area (Å²) < 4.78 is 5.84. The molecule has 1 amide bonds. The molecule has 3 rings (SSSR count). The third-order valence-electron chi connectivity index (χ3n) is 4.49. The molecule has 0 spiro atoms. The molecule has 3 aromatic carbocycles. The molecule has 0 bridgehead atoms. The Balaban J connectivity index is 1.74. The first-order chi connectivity index (χ1) is 14.1. The van der Waals surface area contributed by atoms with E-state index >= 15 is 0 Å². The summed E-state index contributed by atoms with van der Waals surface area (Å²) in [7, 11) is 0. The molecule has 0 heterocycles. The van der Waals surface area contributed by atoms with E-state index in [1.165, 1.54) is 23.8 Å². The van der Waals surface area contributed by atoms with Gasteiger partial charge in [-0.25, -0.2) is 0 Å². The van der Waals surface area contributed by atoms with E-state index in [0.29, 0.717) is 17.2 Å². The Kier molecular flexibility index (Phi) is 6.08. The van der Waals surface area contributed by atoms with Crippen LogP contribution in [0.4, 0.5) is 11.4 Å². The van der Waals surface area contributed by atoms with Crippen LogP contribution in [0.2, 0.25) is 5.02 Å². The summed E-state index contributed by atoms with van der Waals surface area (Å²) in [5.74, 6) is 0.554. The number of nitrogens with zero attached hydrogens (tertiary/aromatic N) is 1. The van der Waals surface area contributed by atoms with Gasteiger partial charge in [-0.3, -0.25) is 14.9 Å². The Morgan fingerprint density at radius 3 is 2.23 bits per heavy atom. The van der Waals surface area contributed by atoms with Crippen molar-refractivity contribution >= 4 is 28.9 Å². The van der Waals surface area contributed by atoms with Crippen LogP contribution in [-0.4, -0.2) is 10.8 Å². The number of benzene rings is 3. The molecule has 0 atom stereocenters. The number of hydrogen-bond donors (Lipinski definition) is 1. The van der Waals surface area contributed by atoms with Gasteiger partial charge in [0.05, 0.1) is 15.6 Å². The third-order valence-corrected chi connectivity index (χ3v) is 4.80. The fourth-order valence-corrected chi connectivity index (χ4v) is 3.05.